The van der Waals surface area contributed by atoms with Gasteiger partial charge in [0, 0.05) is 12.5 Å². The number of carboxylic acids is 1. The van der Waals surface area contributed by atoms with E-state index in [1.807, 2.05) is 13.8 Å². The first-order valence-electron chi connectivity index (χ1n) is 5.64. The van der Waals surface area contributed by atoms with Crippen LogP contribution in [0.15, 0.2) is 12.7 Å². The fourth-order valence-corrected chi connectivity index (χ4v) is 2.14. The Morgan fingerprint density at radius 3 is 2.71 bits per heavy atom. The number of hydrogen-bond acceptors (Lipinski definition) is 3. The van der Waals surface area contributed by atoms with E-state index in [9.17, 15) is 9.59 Å². The monoisotopic (exact) mass is 241 g/mol. The van der Waals surface area contributed by atoms with Crippen LogP contribution in [0.2, 0.25) is 0 Å². The van der Waals surface area contributed by atoms with Crippen LogP contribution in [-0.2, 0) is 9.53 Å². The average Bonchev–Trinajstić information content (AvgIpc) is 2.24. The number of ether oxygens (including phenoxy) is 1. The Morgan fingerprint density at radius 2 is 2.24 bits per heavy atom. The van der Waals surface area contributed by atoms with Crippen LogP contribution in [0.3, 0.4) is 0 Å². The highest BCUT2D eigenvalue weighted by Gasteiger charge is 2.49. The molecular weight excluding hydrogens is 222 g/mol. The molecule has 1 amide bonds. The molecule has 1 rings (SSSR count). The molecule has 0 aromatic rings. The summed E-state index contributed by atoms with van der Waals surface area (Å²) >= 11 is 0. The highest BCUT2D eigenvalue weighted by molar-refractivity contribution is 5.69. The van der Waals surface area contributed by atoms with E-state index in [0.717, 1.165) is 0 Å². The number of carbonyl (C=O) groups is 2. The Kier molecular flexibility index (Phi) is 4.15. The van der Waals surface area contributed by atoms with Crippen molar-refractivity contribution in [3.63, 3.8) is 0 Å². The van der Waals surface area contributed by atoms with E-state index in [2.05, 4.69) is 11.9 Å². The first-order chi connectivity index (χ1) is 7.87. The van der Waals surface area contributed by atoms with E-state index in [1.54, 1.807) is 0 Å². The Balaban J connectivity index is 2.41. The van der Waals surface area contributed by atoms with E-state index >= 15 is 0 Å². The van der Waals surface area contributed by atoms with Gasteiger partial charge in [-0.05, 0) is 17.8 Å². The summed E-state index contributed by atoms with van der Waals surface area (Å²) in [6, 6.07) is -0.0239. The van der Waals surface area contributed by atoms with Crippen LogP contribution in [0.4, 0.5) is 4.79 Å². The second-order valence-electron chi connectivity index (χ2n) is 4.94. The smallest absolute Gasteiger partial charge is 0.407 e. The third-order valence-electron chi connectivity index (χ3n) is 3.52. The topological polar surface area (TPSA) is 75.6 Å². The van der Waals surface area contributed by atoms with E-state index in [0.29, 0.717) is 6.42 Å². The van der Waals surface area contributed by atoms with Gasteiger partial charge in [-0.1, -0.05) is 26.5 Å². The van der Waals surface area contributed by atoms with Gasteiger partial charge in [0.15, 0.2) is 0 Å². The largest absolute Gasteiger partial charge is 0.481 e. The summed E-state index contributed by atoms with van der Waals surface area (Å²) in [5.74, 6) is -0.694. The molecule has 0 spiro atoms. The molecule has 96 valence electrons. The summed E-state index contributed by atoms with van der Waals surface area (Å²) < 4.78 is 4.82. The summed E-state index contributed by atoms with van der Waals surface area (Å²) in [5.41, 5.74) is -0.203. The van der Waals surface area contributed by atoms with E-state index in [4.69, 9.17) is 9.84 Å². The predicted molar refractivity (Wildman–Crippen MR) is 62.6 cm³/mol. The lowest BCUT2D eigenvalue weighted by molar-refractivity contribution is -0.141. The van der Waals surface area contributed by atoms with Crippen LogP contribution in [-0.4, -0.2) is 29.8 Å². The van der Waals surface area contributed by atoms with Crippen molar-refractivity contribution in [2.75, 3.05) is 6.61 Å². The molecule has 2 unspecified atom stereocenters. The zero-order valence-electron chi connectivity index (χ0n) is 10.2. The first kappa shape index (κ1) is 13.5. The number of carbonyl (C=O) groups excluding carboxylic acids is 1. The number of carboxylic acid groups (broad SMARTS) is 1. The Labute approximate surface area is 101 Å². The van der Waals surface area contributed by atoms with Gasteiger partial charge in [-0.25, -0.2) is 4.79 Å². The van der Waals surface area contributed by atoms with Crippen LogP contribution in [0, 0.1) is 11.3 Å². The maximum Gasteiger partial charge on any atom is 0.407 e. The molecule has 0 heterocycles. The molecule has 5 heteroatoms. The van der Waals surface area contributed by atoms with Crippen LogP contribution in [0.5, 0.6) is 0 Å². The minimum Gasteiger partial charge on any atom is -0.481 e. The zero-order valence-corrected chi connectivity index (χ0v) is 10.2. The fourth-order valence-electron chi connectivity index (χ4n) is 2.14. The van der Waals surface area contributed by atoms with Crippen molar-refractivity contribution >= 4 is 12.1 Å². The van der Waals surface area contributed by atoms with Gasteiger partial charge in [-0.15, -0.1) is 0 Å². The molecular formula is C12H19NO4. The molecule has 0 bridgehead atoms. The minimum atomic E-state index is -0.796. The summed E-state index contributed by atoms with van der Waals surface area (Å²) in [6.45, 7) is 7.55. The zero-order chi connectivity index (χ0) is 13.1. The number of hydrogen-bond donors (Lipinski definition) is 2. The lowest BCUT2D eigenvalue weighted by Crippen LogP contribution is -2.58. The van der Waals surface area contributed by atoms with Crippen molar-refractivity contribution in [1.29, 1.82) is 0 Å². The second-order valence-corrected chi connectivity index (χ2v) is 4.94. The summed E-state index contributed by atoms with van der Waals surface area (Å²) in [7, 11) is 0. The average molecular weight is 241 g/mol. The molecule has 1 saturated carbocycles. The van der Waals surface area contributed by atoms with Crippen molar-refractivity contribution in [1.82, 2.24) is 5.32 Å². The van der Waals surface area contributed by atoms with E-state index in [-0.39, 0.29) is 30.4 Å². The molecule has 1 aliphatic rings. The highest BCUT2D eigenvalue weighted by Crippen LogP contribution is 2.47. The molecule has 1 fully saturated rings. The van der Waals surface area contributed by atoms with Crippen LogP contribution < -0.4 is 5.32 Å². The Morgan fingerprint density at radius 1 is 1.59 bits per heavy atom. The maximum atomic E-state index is 11.3. The van der Waals surface area contributed by atoms with E-state index in [1.165, 1.54) is 6.08 Å². The molecule has 0 aromatic carbocycles. The number of rotatable bonds is 5. The number of aliphatic carboxylic acids is 1. The van der Waals surface area contributed by atoms with Crippen molar-refractivity contribution in [3.05, 3.63) is 12.7 Å². The van der Waals surface area contributed by atoms with Crippen molar-refractivity contribution < 1.29 is 19.4 Å². The number of nitrogens with one attached hydrogen (secondary N) is 1. The lowest BCUT2D eigenvalue weighted by atomic mass is 9.57. The summed E-state index contributed by atoms with van der Waals surface area (Å²) in [6.07, 6.45) is 1.85. The third kappa shape index (κ3) is 3.22. The number of amides is 1. The molecule has 0 radical (unpaired) electrons. The van der Waals surface area contributed by atoms with Gasteiger partial charge in [-0.2, -0.15) is 0 Å². The van der Waals surface area contributed by atoms with Gasteiger partial charge < -0.3 is 15.2 Å². The van der Waals surface area contributed by atoms with Crippen LogP contribution in [0.25, 0.3) is 0 Å². The second kappa shape index (κ2) is 5.21. The van der Waals surface area contributed by atoms with Gasteiger partial charge in [0.2, 0.25) is 0 Å². The molecule has 17 heavy (non-hydrogen) atoms. The Bertz CT molecular complexity index is 324. The van der Waals surface area contributed by atoms with Crippen LogP contribution in [0.1, 0.15) is 26.7 Å². The first-order valence-corrected chi connectivity index (χ1v) is 5.64. The SMILES string of the molecule is C=CCOC(=O)NC1CC(CC(=O)O)C1(C)C. The maximum absolute atomic E-state index is 11.3. The normalized spacial score (nSPS) is 25.5. The van der Waals surface area contributed by atoms with Gasteiger partial charge in [0.25, 0.3) is 0 Å². The van der Waals surface area contributed by atoms with Gasteiger partial charge >= 0.3 is 12.1 Å². The number of alkyl carbamates (subject to hydrolysis) is 1. The third-order valence-corrected chi connectivity index (χ3v) is 3.52. The standard InChI is InChI=1S/C12H19NO4/c1-4-5-17-11(16)13-9-6-8(7-10(14)15)12(9,2)3/h4,8-9H,1,5-7H2,2-3H3,(H,13,16)(H,14,15). The molecule has 2 N–H and O–H groups in total. The fraction of sp³-hybridized carbons (Fsp3) is 0.667. The van der Waals surface area contributed by atoms with Crippen LogP contribution >= 0.6 is 0 Å². The summed E-state index contributed by atoms with van der Waals surface area (Å²) in [4.78, 5) is 22.0. The van der Waals surface area contributed by atoms with Gasteiger partial charge in [0.1, 0.15) is 6.61 Å². The molecule has 0 saturated heterocycles. The molecule has 0 aliphatic heterocycles. The molecule has 1 aliphatic carbocycles. The Hall–Kier alpha value is -1.52. The summed E-state index contributed by atoms with van der Waals surface area (Å²) in [5, 5.41) is 11.5. The van der Waals surface area contributed by atoms with Crippen molar-refractivity contribution in [2.24, 2.45) is 11.3 Å². The predicted octanol–water partition coefficient (Wildman–Crippen LogP) is 1.79. The quantitative estimate of drug-likeness (QED) is 0.719. The van der Waals surface area contributed by atoms with Gasteiger partial charge in [-0.3, -0.25) is 4.79 Å². The van der Waals surface area contributed by atoms with Gasteiger partial charge in [0.05, 0.1) is 0 Å². The lowest BCUT2D eigenvalue weighted by Gasteiger charge is -2.51. The molecule has 2 atom stereocenters. The van der Waals surface area contributed by atoms with Crippen molar-refractivity contribution in [3.8, 4) is 0 Å². The van der Waals surface area contributed by atoms with Crippen molar-refractivity contribution in [2.45, 2.75) is 32.7 Å². The molecule has 0 aromatic heterocycles. The molecule has 5 nitrogen and oxygen atoms in total. The minimum absolute atomic E-state index is 0.0239. The van der Waals surface area contributed by atoms with E-state index < -0.39 is 12.1 Å². The highest BCUT2D eigenvalue weighted by atomic mass is 16.5.